The van der Waals surface area contributed by atoms with E-state index in [1.807, 2.05) is 0 Å². The van der Waals surface area contributed by atoms with Crippen LogP contribution in [0.25, 0.3) is 11.1 Å². The van der Waals surface area contributed by atoms with Crippen LogP contribution >= 0.6 is 0 Å². The maximum Gasteiger partial charge on any atom is 0.0236 e. The Morgan fingerprint density at radius 3 is 2.71 bits per heavy atom. The molecule has 0 bridgehead atoms. The third kappa shape index (κ3) is 3.19. The maximum atomic E-state index is 2.60. The van der Waals surface area contributed by atoms with Crippen molar-refractivity contribution in [1.82, 2.24) is 4.90 Å². The highest BCUT2D eigenvalue weighted by molar-refractivity contribution is 5.68. The number of nitrogens with zero attached hydrogens (tertiary/aromatic N) is 1. The molecule has 0 radical (unpaired) electrons. The molecule has 1 nitrogen and oxygen atoms in total. The van der Waals surface area contributed by atoms with E-state index < -0.39 is 0 Å². The Balaban J connectivity index is 1.86. The third-order valence-electron chi connectivity index (χ3n) is 4.71. The summed E-state index contributed by atoms with van der Waals surface area (Å²) >= 11 is 0. The van der Waals surface area contributed by atoms with Crippen molar-refractivity contribution in [1.29, 1.82) is 0 Å². The predicted molar refractivity (Wildman–Crippen MR) is 90.4 cm³/mol. The Morgan fingerprint density at radius 1 is 1.10 bits per heavy atom. The SMILES string of the molecule is CCc1ccccc1-c1cccc(CN2CCCC2C)c1. The lowest BCUT2D eigenvalue weighted by Crippen LogP contribution is -2.26. The number of likely N-dealkylation sites (tertiary alicyclic amines) is 1. The smallest absolute Gasteiger partial charge is 0.0236 e. The van der Waals surface area contributed by atoms with Crippen molar-refractivity contribution in [2.45, 2.75) is 45.7 Å². The van der Waals surface area contributed by atoms with Crippen molar-refractivity contribution in [3.05, 3.63) is 59.7 Å². The topological polar surface area (TPSA) is 3.24 Å². The van der Waals surface area contributed by atoms with Crippen molar-refractivity contribution in [2.24, 2.45) is 0 Å². The van der Waals surface area contributed by atoms with Gasteiger partial charge in [-0.25, -0.2) is 0 Å². The Kier molecular flexibility index (Phi) is 4.40. The lowest BCUT2D eigenvalue weighted by molar-refractivity contribution is 0.260. The van der Waals surface area contributed by atoms with Crippen molar-refractivity contribution < 1.29 is 0 Å². The Bertz CT molecular complexity index is 602. The van der Waals surface area contributed by atoms with Gasteiger partial charge in [0.2, 0.25) is 0 Å². The normalized spacial score (nSPS) is 19.0. The second kappa shape index (κ2) is 6.44. The molecule has 1 aliphatic heterocycles. The zero-order valence-electron chi connectivity index (χ0n) is 13.2. The van der Waals surface area contributed by atoms with Crippen LogP contribution < -0.4 is 0 Å². The van der Waals surface area contributed by atoms with E-state index >= 15 is 0 Å². The van der Waals surface area contributed by atoms with Gasteiger partial charge in [0.25, 0.3) is 0 Å². The van der Waals surface area contributed by atoms with Crippen LogP contribution in [-0.2, 0) is 13.0 Å². The summed E-state index contributed by atoms with van der Waals surface area (Å²) in [7, 11) is 0. The molecule has 1 aliphatic rings. The standard InChI is InChI=1S/C20H25N/c1-3-18-10-4-5-12-20(18)19-11-6-9-17(14-19)15-21-13-7-8-16(21)2/h4-6,9-12,14,16H,3,7-8,13,15H2,1-2H3. The van der Waals surface area contributed by atoms with Gasteiger partial charge in [0.05, 0.1) is 0 Å². The third-order valence-corrected chi connectivity index (χ3v) is 4.71. The molecule has 1 fully saturated rings. The van der Waals surface area contributed by atoms with Gasteiger partial charge in [-0.05, 0) is 61.1 Å². The minimum Gasteiger partial charge on any atom is -0.296 e. The van der Waals surface area contributed by atoms with E-state index in [1.165, 1.54) is 41.6 Å². The Morgan fingerprint density at radius 2 is 1.95 bits per heavy atom. The fourth-order valence-electron chi connectivity index (χ4n) is 3.41. The highest BCUT2D eigenvalue weighted by Crippen LogP contribution is 2.26. The Hall–Kier alpha value is -1.60. The monoisotopic (exact) mass is 279 g/mol. The molecule has 1 saturated heterocycles. The van der Waals surface area contributed by atoms with Gasteiger partial charge in [0.1, 0.15) is 0 Å². The number of hydrogen-bond donors (Lipinski definition) is 0. The Labute approximate surface area is 128 Å². The zero-order chi connectivity index (χ0) is 14.7. The second-order valence-electron chi connectivity index (χ2n) is 6.17. The summed E-state index contributed by atoms with van der Waals surface area (Å²) in [5, 5.41) is 0. The van der Waals surface area contributed by atoms with Gasteiger partial charge < -0.3 is 0 Å². The van der Waals surface area contributed by atoms with E-state index in [4.69, 9.17) is 0 Å². The first-order valence-corrected chi connectivity index (χ1v) is 8.19. The minimum absolute atomic E-state index is 0.733. The van der Waals surface area contributed by atoms with Crippen LogP contribution in [0, 0.1) is 0 Å². The van der Waals surface area contributed by atoms with Crippen LogP contribution in [0.3, 0.4) is 0 Å². The summed E-state index contributed by atoms with van der Waals surface area (Å²) < 4.78 is 0. The molecule has 0 amide bonds. The molecule has 1 atom stereocenters. The van der Waals surface area contributed by atoms with Crippen LogP contribution in [-0.4, -0.2) is 17.5 Å². The average Bonchev–Trinajstić information content (AvgIpc) is 2.93. The minimum atomic E-state index is 0.733. The summed E-state index contributed by atoms with van der Waals surface area (Å²) in [6, 6.07) is 18.6. The van der Waals surface area contributed by atoms with Crippen LogP contribution in [0.1, 0.15) is 37.8 Å². The molecule has 2 aromatic carbocycles. The van der Waals surface area contributed by atoms with Gasteiger partial charge in [0, 0.05) is 12.6 Å². The molecule has 0 spiro atoms. The largest absolute Gasteiger partial charge is 0.296 e. The van der Waals surface area contributed by atoms with E-state index in [-0.39, 0.29) is 0 Å². The first kappa shape index (κ1) is 14.3. The fraction of sp³-hybridized carbons (Fsp3) is 0.400. The molecule has 2 aromatic rings. The predicted octanol–water partition coefficient (Wildman–Crippen LogP) is 4.90. The second-order valence-corrected chi connectivity index (χ2v) is 6.17. The van der Waals surface area contributed by atoms with Gasteiger partial charge in [-0.2, -0.15) is 0 Å². The number of hydrogen-bond acceptors (Lipinski definition) is 1. The number of rotatable bonds is 4. The summed E-state index contributed by atoms with van der Waals surface area (Å²) in [5.41, 5.74) is 5.62. The zero-order valence-corrected chi connectivity index (χ0v) is 13.2. The highest BCUT2D eigenvalue weighted by atomic mass is 15.2. The van der Waals surface area contributed by atoms with Crippen molar-refractivity contribution in [2.75, 3.05) is 6.54 Å². The molecule has 1 unspecified atom stereocenters. The fourth-order valence-corrected chi connectivity index (χ4v) is 3.41. The molecule has 1 heterocycles. The van der Waals surface area contributed by atoms with Crippen LogP contribution in [0.15, 0.2) is 48.5 Å². The van der Waals surface area contributed by atoms with E-state index in [1.54, 1.807) is 0 Å². The molecule has 0 N–H and O–H groups in total. The molecule has 0 aliphatic carbocycles. The molecule has 0 aromatic heterocycles. The summed E-state index contributed by atoms with van der Waals surface area (Å²) in [5.74, 6) is 0. The van der Waals surface area contributed by atoms with Gasteiger partial charge in [-0.15, -0.1) is 0 Å². The molecule has 3 rings (SSSR count). The first-order valence-electron chi connectivity index (χ1n) is 8.19. The molecule has 0 saturated carbocycles. The maximum absolute atomic E-state index is 2.60. The number of aryl methyl sites for hydroxylation is 1. The quantitative estimate of drug-likeness (QED) is 0.769. The van der Waals surface area contributed by atoms with Gasteiger partial charge in [-0.3, -0.25) is 4.90 Å². The van der Waals surface area contributed by atoms with Crippen LogP contribution in [0.5, 0.6) is 0 Å². The van der Waals surface area contributed by atoms with Crippen molar-refractivity contribution in [3.8, 4) is 11.1 Å². The molecule has 110 valence electrons. The molecule has 1 heteroatoms. The summed E-state index contributed by atoms with van der Waals surface area (Å²) in [6.07, 6.45) is 3.78. The summed E-state index contributed by atoms with van der Waals surface area (Å²) in [6.45, 7) is 6.91. The molecular weight excluding hydrogens is 254 g/mol. The van der Waals surface area contributed by atoms with Crippen LogP contribution in [0.2, 0.25) is 0 Å². The highest BCUT2D eigenvalue weighted by Gasteiger charge is 2.20. The van der Waals surface area contributed by atoms with Crippen LogP contribution in [0.4, 0.5) is 0 Å². The van der Waals surface area contributed by atoms with Gasteiger partial charge >= 0.3 is 0 Å². The number of benzene rings is 2. The molecule has 21 heavy (non-hydrogen) atoms. The summed E-state index contributed by atoms with van der Waals surface area (Å²) in [4.78, 5) is 2.60. The van der Waals surface area contributed by atoms with E-state index in [0.29, 0.717) is 0 Å². The van der Waals surface area contributed by atoms with E-state index in [0.717, 1.165) is 19.0 Å². The van der Waals surface area contributed by atoms with E-state index in [2.05, 4.69) is 67.3 Å². The van der Waals surface area contributed by atoms with E-state index in [9.17, 15) is 0 Å². The first-order chi connectivity index (χ1) is 10.3. The lowest BCUT2D eigenvalue weighted by Gasteiger charge is -2.21. The average molecular weight is 279 g/mol. The molecular formula is C20H25N. The van der Waals surface area contributed by atoms with Crippen molar-refractivity contribution in [3.63, 3.8) is 0 Å². The lowest BCUT2D eigenvalue weighted by atomic mass is 9.97. The van der Waals surface area contributed by atoms with Gasteiger partial charge in [0.15, 0.2) is 0 Å². The van der Waals surface area contributed by atoms with Crippen molar-refractivity contribution >= 4 is 0 Å². The van der Waals surface area contributed by atoms with Gasteiger partial charge in [-0.1, -0.05) is 49.4 Å².